The molecule has 0 N–H and O–H groups in total. The van der Waals surface area contributed by atoms with E-state index in [2.05, 4.69) is 352 Å². The van der Waals surface area contributed by atoms with Crippen molar-refractivity contribution in [3.05, 3.63) is 327 Å². The molecule has 402 valence electrons. The van der Waals surface area contributed by atoms with Crippen LogP contribution in [0.4, 0.5) is 34.1 Å². The van der Waals surface area contributed by atoms with Crippen molar-refractivity contribution in [3.8, 4) is 89.5 Å². The first-order chi connectivity index (χ1) is 41.3. The molecule has 11 aromatic carbocycles. The minimum atomic E-state index is -0.338. The van der Waals surface area contributed by atoms with Crippen LogP contribution < -0.4 is 9.80 Å². The maximum absolute atomic E-state index is 5.49. The number of pyridine rings is 2. The first-order valence-corrected chi connectivity index (χ1v) is 28.8. The Balaban J connectivity index is 1.19. The molecule has 0 saturated carbocycles. The lowest BCUT2D eigenvalue weighted by Crippen LogP contribution is -2.19. The minimum absolute atomic E-state index is 0.338. The molecule has 0 saturated heterocycles. The van der Waals surface area contributed by atoms with Gasteiger partial charge in [-0.25, -0.2) is 9.97 Å². The van der Waals surface area contributed by atoms with Gasteiger partial charge in [-0.3, -0.25) is 0 Å². The summed E-state index contributed by atoms with van der Waals surface area (Å²) in [6, 6.07) is 115. The molecule has 0 fully saturated rings. The molecule has 0 unspecified atom stereocenters. The van der Waals surface area contributed by atoms with E-state index in [1.165, 1.54) is 0 Å². The first-order valence-electron chi connectivity index (χ1n) is 28.8. The van der Waals surface area contributed by atoms with E-state index < -0.39 is 0 Å². The van der Waals surface area contributed by atoms with E-state index in [1.54, 1.807) is 0 Å². The van der Waals surface area contributed by atoms with Gasteiger partial charge >= 0.3 is 0 Å². The highest BCUT2D eigenvalue weighted by Gasteiger charge is 2.30. The van der Waals surface area contributed by atoms with Crippen molar-refractivity contribution in [1.82, 2.24) is 9.97 Å². The summed E-state index contributed by atoms with van der Waals surface area (Å²) in [6.45, 7) is 6.98. The summed E-state index contributed by atoms with van der Waals surface area (Å²) in [6.07, 6.45) is 0. The molecule has 0 radical (unpaired) electrons. The molecule has 0 aliphatic carbocycles. The van der Waals surface area contributed by atoms with Gasteiger partial charge in [0.05, 0.1) is 45.5 Å². The zero-order valence-electron chi connectivity index (χ0n) is 47.4. The normalized spacial score (nSPS) is 11.3. The quantitative estimate of drug-likeness (QED) is 0.109. The van der Waals surface area contributed by atoms with Crippen LogP contribution in [0.25, 0.3) is 89.5 Å². The SMILES string of the molecule is CC(C)(C)c1cc(N(c2cc(-c3ccccc3)nc(-c3ccccc3)c2)c2c(-c3ccccc3)cccc2-c2ccccc2)cc(N(c2cc(-c3ccccc3)nc(-c3ccccc3)c2)c2c(-c3ccccc3)cccc2-c2ccccc2)c1. The highest BCUT2D eigenvalue weighted by atomic mass is 15.2. The van der Waals surface area contributed by atoms with E-state index >= 15 is 0 Å². The second kappa shape index (κ2) is 23.4. The number of benzene rings is 11. The fraction of sp³-hybridized carbons (Fsp3) is 0.0500. The smallest absolute Gasteiger partial charge is 0.0730 e. The monoisotopic (exact) mass is 1080 g/mol. The van der Waals surface area contributed by atoms with Crippen molar-refractivity contribution >= 4 is 34.1 Å². The third-order valence-corrected chi connectivity index (χ3v) is 15.6. The molecule has 0 aliphatic heterocycles. The summed E-state index contributed by atoms with van der Waals surface area (Å²) in [7, 11) is 0. The van der Waals surface area contributed by atoms with Crippen molar-refractivity contribution in [2.45, 2.75) is 26.2 Å². The van der Waals surface area contributed by atoms with E-state index in [1.807, 2.05) is 0 Å². The summed E-state index contributed by atoms with van der Waals surface area (Å²) < 4.78 is 0. The molecule has 2 heterocycles. The van der Waals surface area contributed by atoms with Gasteiger partial charge in [-0.1, -0.05) is 300 Å². The van der Waals surface area contributed by atoms with Gasteiger partial charge in [0.1, 0.15) is 0 Å². The van der Waals surface area contributed by atoms with E-state index in [9.17, 15) is 0 Å². The van der Waals surface area contributed by atoms with Crippen molar-refractivity contribution in [1.29, 1.82) is 0 Å². The lowest BCUT2D eigenvalue weighted by atomic mass is 9.85. The van der Waals surface area contributed by atoms with Crippen LogP contribution in [0.15, 0.2) is 322 Å². The van der Waals surface area contributed by atoms with Gasteiger partial charge in [-0.05, 0) is 75.7 Å². The molecular weight excluding hydrogens is 1020 g/mol. The molecule has 0 spiro atoms. The number of hydrogen-bond donors (Lipinski definition) is 0. The Morgan fingerprint density at radius 2 is 0.440 bits per heavy atom. The Bertz CT molecular complexity index is 3850. The zero-order valence-corrected chi connectivity index (χ0v) is 47.4. The Morgan fingerprint density at radius 1 is 0.226 bits per heavy atom. The van der Waals surface area contributed by atoms with Gasteiger partial charge in [0.25, 0.3) is 0 Å². The number of anilines is 6. The Kier molecular flexibility index (Phi) is 14.7. The van der Waals surface area contributed by atoms with E-state index in [-0.39, 0.29) is 5.41 Å². The van der Waals surface area contributed by atoms with Crippen LogP contribution in [0, 0.1) is 0 Å². The second-order valence-electron chi connectivity index (χ2n) is 22.2. The van der Waals surface area contributed by atoms with E-state index in [4.69, 9.17) is 9.97 Å². The van der Waals surface area contributed by atoms with E-state index in [0.717, 1.165) is 129 Å². The maximum atomic E-state index is 5.49. The zero-order chi connectivity index (χ0) is 56.8. The van der Waals surface area contributed by atoms with Crippen LogP contribution in [0.1, 0.15) is 26.3 Å². The Hall–Kier alpha value is -10.7. The molecule has 0 bridgehead atoms. The third kappa shape index (κ3) is 11.0. The van der Waals surface area contributed by atoms with Crippen molar-refractivity contribution in [2.75, 3.05) is 9.80 Å². The minimum Gasteiger partial charge on any atom is -0.309 e. The topological polar surface area (TPSA) is 32.3 Å². The average molecular weight is 1080 g/mol. The van der Waals surface area contributed by atoms with Crippen LogP contribution in [0.2, 0.25) is 0 Å². The highest BCUT2D eigenvalue weighted by molar-refractivity contribution is 6.02. The highest BCUT2D eigenvalue weighted by Crippen LogP contribution is 2.53. The second-order valence-corrected chi connectivity index (χ2v) is 22.2. The number of rotatable bonds is 14. The summed E-state index contributed by atoms with van der Waals surface area (Å²) in [5.41, 5.74) is 23.1. The average Bonchev–Trinajstić information content (AvgIpc) is 3.17. The molecule has 4 nitrogen and oxygen atoms in total. The van der Waals surface area contributed by atoms with Crippen molar-refractivity contribution in [3.63, 3.8) is 0 Å². The standard InChI is InChI=1S/C80H62N4/c1-80(2,3)65-50-66(83(68-53-74(61-38-20-8-21-39-61)81-75(54-68)62-40-22-9-23-41-62)78-70(57-30-12-4-13-31-57)46-28-47-71(78)58-32-14-5-15-33-58)52-67(51-65)84(69-55-76(63-42-24-10-25-43-63)82-77(56-69)64-44-26-11-27-45-64)79-72(59-34-16-6-17-35-59)48-29-49-73(79)60-36-18-7-19-37-60/h4-56H,1-3H3. The fourth-order valence-electron chi connectivity index (χ4n) is 11.4. The van der Waals surface area contributed by atoms with Crippen LogP contribution in [0.5, 0.6) is 0 Å². The van der Waals surface area contributed by atoms with Crippen LogP contribution >= 0.6 is 0 Å². The van der Waals surface area contributed by atoms with Gasteiger partial charge in [0, 0.05) is 55.9 Å². The lowest BCUT2D eigenvalue weighted by molar-refractivity contribution is 0.590. The van der Waals surface area contributed by atoms with Gasteiger partial charge in [0.15, 0.2) is 0 Å². The van der Waals surface area contributed by atoms with Crippen LogP contribution in [0.3, 0.4) is 0 Å². The summed E-state index contributed by atoms with van der Waals surface area (Å²) >= 11 is 0. The molecule has 0 aliphatic rings. The van der Waals surface area contributed by atoms with Crippen LogP contribution in [-0.2, 0) is 5.41 Å². The molecule has 4 heteroatoms. The first kappa shape index (κ1) is 52.7. The summed E-state index contributed by atoms with van der Waals surface area (Å²) in [5.74, 6) is 0. The maximum Gasteiger partial charge on any atom is 0.0730 e. The molecule has 0 amide bonds. The molecule has 84 heavy (non-hydrogen) atoms. The number of para-hydroxylation sites is 2. The molecule has 13 rings (SSSR count). The van der Waals surface area contributed by atoms with Crippen LogP contribution in [-0.4, -0.2) is 9.97 Å². The molecule has 13 aromatic rings. The number of aromatic nitrogens is 2. The summed E-state index contributed by atoms with van der Waals surface area (Å²) in [5, 5.41) is 0. The third-order valence-electron chi connectivity index (χ3n) is 15.6. The fourth-order valence-corrected chi connectivity index (χ4v) is 11.4. The number of nitrogens with zero attached hydrogens (tertiary/aromatic N) is 4. The lowest BCUT2D eigenvalue weighted by Gasteiger charge is -2.35. The van der Waals surface area contributed by atoms with Crippen molar-refractivity contribution in [2.24, 2.45) is 0 Å². The predicted molar refractivity (Wildman–Crippen MR) is 354 cm³/mol. The Labute approximate surface area is 494 Å². The van der Waals surface area contributed by atoms with Crippen molar-refractivity contribution < 1.29 is 0 Å². The largest absolute Gasteiger partial charge is 0.309 e. The number of hydrogen-bond acceptors (Lipinski definition) is 4. The van der Waals surface area contributed by atoms with Gasteiger partial charge in [0.2, 0.25) is 0 Å². The van der Waals surface area contributed by atoms with Gasteiger partial charge in [-0.15, -0.1) is 0 Å². The van der Waals surface area contributed by atoms with Gasteiger partial charge in [-0.2, -0.15) is 0 Å². The summed E-state index contributed by atoms with van der Waals surface area (Å²) in [4.78, 5) is 16.0. The Morgan fingerprint density at radius 3 is 0.667 bits per heavy atom. The molecular formula is C80H62N4. The van der Waals surface area contributed by atoms with E-state index in [0.29, 0.717) is 0 Å². The molecule has 0 atom stereocenters. The predicted octanol–water partition coefficient (Wildman–Crippen LogP) is 22.0. The molecule has 2 aromatic heterocycles. The van der Waals surface area contributed by atoms with Gasteiger partial charge < -0.3 is 9.80 Å².